The van der Waals surface area contributed by atoms with Crippen molar-refractivity contribution in [2.45, 2.75) is 240 Å². The first-order valence-electron chi connectivity index (χ1n) is 21.7. The van der Waals surface area contributed by atoms with Crippen LogP contribution in [0.1, 0.15) is 234 Å². The minimum Gasteiger partial charge on any atom is -0.462 e. The summed E-state index contributed by atoms with van der Waals surface area (Å²) in [5.74, 6) is 0.737. The van der Waals surface area contributed by atoms with Crippen LogP contribution in [0.15, 0.2) is 0 Å². The van der Waals surface area contributed by atoms with E-state index >= 15 is 0 Å². The fourth-order valence-corrected chi connectivity index (χ4v) is 6.40. The molecule has 0 aromatic carbocycles. The maximum Gasteiger partial charge on any atom is 0.306 e. The Balaban J connectivity index is 4.34. The van der Waals surface area contributed by atoms with Gasteiger partial charge in [0.1, 0.15) is 13.2 Å². The highest BCUT2D eigenvalue weighted by molar-refractivity contribution is 5.71. The fraction of sp³-hybridized carbons (Fsp3) is 0.932. The molecule has 296 valence electrons. The third kappa shape index (κ3) is 37.7. The van der Waals surface area contributed by atoms with Crippen molar-refractivity contribution in [2.75, 3.05) is 13.2 Å². The molecule has 0 unspecified atom stereocenters. The maximum atomic E-state index is 12.7. The molecule has 6 heteroatoms. The quantitative estimate of drug-likeness (QED) is 0.0361. The number of rotatable bonds is 38. The summed E-state index contributed by atoms with van der Waals surface area (Å²) >= 11 is 0. The summed E-state index contributed by atoms with van der Waals surface area (Å²) in [6, 6.07) is 0. The summed E-state index contributed by atoms with van der Waals surface area (Å²) in [4.78, 5) is 37.6. The Morgan fingerprint density at radius 3 is 0.980 bits per heavy atom. The van der Waals surface area contributed by atoms with Crippen molar-refractivity contribution in [3.05, 3.63) is 0 Å². The lowest BCUT2D eigenvalue weighted by molar-refractivity contribution is -0.167. The highest BCUT2D eigenvalue weighted by Crippen LogP contribution is 2.16. The topological polar surface area (TPSA) is 78.9 Å². The molecule has 0 aliphatic heterocycles. The highest BCUT2D eigenvalue weighted by atomic mass is 16.6. The average molecular weight is 709 g/mol. The van der Waals surface area contributed by atoms with Gasteiger partial charge >= 0.3 is 17.9 Å². The van der Waals surface area contributed by atoms with Crippen molar-refractivity contribution in [1.29, 1.82) is 0 Å². The number of hydrogen-bond acceptors (Lipinski definition) is 6. The molecule has 0 amide bonds. The third-order valence-corrected chi connectivity index (χ3v) is 9.72. The molecule has 1 atom stereocenters. The molecule has 0 saturated carbocycles. The minimum atomic E-state index is -0.759. The summed E-state index contributed by atoms with van der Waals surface area (Å²) in [5, 5.41) is 0. The molecule has 0 N–H and O–H groups in total. The third-order valence-electron chi connectivity index (χ3n) is 9.72. The van der Waals surface area contributed by atoms with Gasteiger partial charge in [0.25, 0.3) is 0 Å². The summed E-state index contributed by atoms with van der Waals surface area (Å²) in [6.07, 6.45) is 33.8. The van der Waals surface area contributed by atoms with E-state index < -0.39 is 6.10 Å². The fourth-order valence-electron chi connectivity index (χ4n) is 6.40. The molecule has 0 aromatic heterocycles. The smallest absolute Gasteiger partial charge is 0.306 e. The first-order chi connectivity index (χ1) is 24.2. The van der Waals surface area contributed by atoms with E-state index in [0.717, 1.165) is 69.6 Å². The highest BCUT2D eigenvalue weighted by Gasteiger charge is 2.19. The number of esters is 3. The van der Waals surface area contributed by atoms with Gasteiger partial charge in [0.15, 0.2) is 6.10 Å². The Morgan fingerprint density at radius 2 is 0.660 bits per heavy atom. The largest absolute Gasteiger partial charge is 0.462 e. The van der Waals surface area contributed by atoms with E-state index in [2.05, 4.69) is 34.6 Å². The van der Waals surface area contributed by atoms with Crippen molar-refractivity contribution in [2.24, 2.45) is 11.8 Å². The number of carbonyl (C=O) groups is 3. The van der Waals surface area contributed by atoms with Crippen LogP contribution in [0.5, 0.6) is 0 Å². The van der Waals surface area contributed by atoms with E-state index in [1.54, 1.807) is 0 Å². The standard InChI is InChI=1S/C44H84O6/c1-6-7-8-9-10-12-19-24-29-34-42(45)48-37-41(38-49-43(46)35-30-25-20-16-15-18-23-28-33-40(4)5)50-44(47)36-31-26-21-14-11-13-17-22-27-32-39(2)3/h39-41H,6-38H2,1-5H3/t41-/m0/s1. The van der Waals surface area contributed by atoms with Gasteiger partial charge in [-0.3, -0.25) is 14.4 Å². The zero-order valence-electron chi connectivity index (χ0n) is 34.0. The van der Waals surface area contributed by atoms with Gasteiger partial charge in [0, 0.05) is 19.3 Å². The van der Waals surface area contributed by atoms with E-state index in [1.165, 1.54) is 122 Å². The Morgan fingerprint density at radius 1 is 0.380 bits per heavy atom. The molecule has 0 heterocycles. The van der Waals surface area contributed by atoms with Crippen molar-refractivity contribution in [3.8, 4) is 0 Å². The van der Waals surface area contributed by atoms with E-state index in [-0.39, 0.29) is 31.1 Å². The van der Waals surface area contributed by atoms with E-state index in [9.17, 15) is 14.4 Å². The molecule has 0 radical (unpaired) electrons. The summed E-state index contributed by atoms with van der Waals surface area (Å²) in [7, 11) is 0. The second-order valence-electron chi connectivity index (χ2n) is 15.9. The van der Waals surface area contributed by atoms with Gasteiger partial charge in [-0.15, -0.1) is 0 Å². The van der Waals surface area contributed by atoms with Crippen LogP contribution in [-0.4, -0.2) is 37.2 Å². The van der Waals surface area contributed by atoms with Gasteiger partial charge < -0.3 is 14.2 Å². The normalized spacial score (nSPS) is 12.1. The van der Waals surface area contributed by atoms with Gasteiger partial charge in [0.05, 0.1) is 0 Å². The molecule has 0 aromatic rings. The van der Waals surface area contributed by atoms with Crippen molar-refractivity contribution in [1.82, 2.24) is 0 Å². The molecule has 0 rings (SSSR count). The summed E-state index contributed by atoms with van der Waals surface area (Å²) in [6.45, 7) is 11.3. The summed E-state index contributed by atoms with van der Waals surface area (Å²) < 4.78 is 16.7. The van der Waals surface area contributed by atoms with Crippen LogP contribution in [-0.2, 0) is 28.6 Å². The van der Waals surface area contributed by atoms with Crippen LogP contribution in [0.25, 0.3) is 0 Å². The number of hydrogen-bond donors (Lipinski definition) is 0. The van der Waals surface area contributed by atoms with E-state index in [1.807, 2.05) is 0 Å². The van der Waals surface area contributed by atoms with Crippen LogP contribution < -0.4 is 0 Å². The maximum absolute atomic E-state index is 12.7. The van der Waals surface area contributed by atoms with Gasteiger partial charge in [-0.2, -0.15) is 0 Å². The SMILES string of the molecule is CCCCCCCCCCCC(=O)OC[C@@H](COC(=O)CCCCCCCCCCC(C)C)OC(=O)CCCCCCCCCCCC(C)C. The predicted octanol–water partition coefficient (Wildman–Crippen LogP) is 13.4. The van der Waals surface area contributed by atoms with Gasteiger partial charge in [-0.1, -0.05) is 195 Å². The van der Waals surface area contributed by atoms with Crippen molar-refractivity contribution >= 4 is 17.9 Å². The second-order valence-corrected chi connectivity index (χ2v) is 15.9. The number of unbranched alkanes of at least 4 members (excludes halogenated alkanes) is 23. The Bertz CT molecular complexity index is 764. The minimum absolute atomic E-state index is 0.0659. The molecule has 6 nitrogen and oxygen atoms in total. The van der Waals surface area contributed by atoms with Gasteiger partial charge in [-0.05, 0) is 31.1 Å². The monoisotopic (exact) mass is 709 g/mol. The molecule has 0 aliphatic rings. The Kier molecular flexibility index (Phi) is 36.0. The van der Waals surface area contributed by atoms with Crippen LogP contribution >= 0.6 is 0 Å². The lowest BCUT2D eigenvalue weighted by atomic mass is 10.0. The lowest BCUT2D eigenvalue weighted by Crippen LogP contribution is -2.30. The zero-order chi connectivity index (χ0) is 36.9. The molecule has 0 aliphatic carbocycles. The van der Waals surface area contributed by atoms with Gasteiger partial charge in [-0.25, -0.2) is 0 Å². The first kappa shape index (κ1) is 48.4. The Hall–Kier alpha value is -1.59. The number of carbonyl (C=O) groups excluding carboxylic acids is 3. The molecular formula is C44H84O6. The summed E-state index contributed by atoms with van der Waals surface area (Å²) in [5.41, 5.74) is 0. The molecule has 0 bridgehead atoms. The van der Waals surface area contributed by atoms with Gasteiger partial charge in [0.2, 0.25) is 0 Å². The van der Waals surface area contributed by atoms with Crippen LogP contribution in [0.4, 0.5) is 0 Å². The van der Waals surface area contributed by atoms with Crippen molar-refractivity contribution in [3.63, 3.8) is 0 Å². The average Bonchev–Trinajstić information content (AvgIpc) is 3.08. The molecule has 0 saturated heterocycles. The second kappa shape index (κ2) is 37.2. The molecule has 0 spiro atoms. The molecule has 50 heavy (non-hydrogen) atoms. The van der Waals surface area contributed by atoms with Crippen LogP contribution in [0.3, 0.4) is 0 Å². The number of ether oxygens (including phenoxy) is 3. The van der Waals surface area contributed by atoms with Crippen LogP contribution in [0, 0.1) is 11.8 Å². The van der Waals surface area contributed by atoms with E-state index in [4.69, 9.17) is 14.2 Å². The first-order valence-corrected chi connectivity index (χ1v) is 21.7. The van der Waals surface area contributed by atoms with Crippen molar-refractivity contribution < 1.29 is 28.6 Å². The Labute approximate surface area is 310 Å². The zero-order valence-corrected chi connectivity index (χ0v) is 34.0. The molecular weight excluding hydrogens is 624 g/mol. The van der Waals surface area contributed by atoms with E-state index in [0.29, 0.717) is 19.3 Å². The molecule has 0 fully saturated rings. The predicted molar refractivity (Wildman–Crippen MR) is 210 cm³/mol. The van der Waals surface area contributed by atoms with Crippen LogP contribution in [0.2, 0.25) is 0 Å². The lowest BCUT2D eigenvalue weighted by Gasteiger charge is -2.18.